The molecule has 0 atom stereocenters. The highest BCUT2D eigenvalue weighted by Crippen LogP contribution is 2.31. The summed E-state index contributed by atoms with van der Waals surface area (Å²) in [5.41, 5.74) is 9.05. The van der Waals surface area contributed by atoms with Crippen LogP contribution in [0.4, 0.5) is 0 Å². The van der Waals surface area contributed by atoms with E-state index in [-0.39, 0.29) is 0 Å². The molecule has 126 valence electrons. The van der Waals surface area contributed by atoms with E-state index in [1.54, 1.807) is 11.8 Å². The van der Waals surface area contributed by atoms with Crippen LogP contribution in [0.3, 0.4) is 0 Å². The van der Waals surface area contributed by atoms with Crippen molar-refractivity contribution in [2.45, 2.75) is 24.8 Å². The van der Waals surface area contributed by atoms with E-state index in [4.69, 9.17) is 23.2 Å². The van der Waals surface area contributed by atoms with E-state index in [2.05, 4.69) is 41.7 Å². The zero-order valence-electron chi connectivity index (χ0n) is 13.9. The monoisotopic (exact) mass is 379 g/mol. The van der Waals surface area contributed by atoms with Crippen LogP contribution in [0.1, 0.15) is 16.8 Å². The van der Waals surface area contributed by atoms with Crippen molar-refractivity contribution in [3.05, 3.63) is 63.3 Å². The number of benzene rings is 2. The summed E-state index contributed by atoms with van der Waals surface area (Å²) in [5, 5.41) is 2.71. The van der Waals surface area contributed by atoms with E-state index in [0.717, 1.165) is 25.1 Å². The molecule has 24 heavy (non-hydrogen) atoms. The van der Waals surface area contributed by atoms with Gasteiger partial charge >= 0.3 is 0 Å². The molecule has 3 N–H and O–H groups in total. The van der Waals surface area contributed by atoms with E-state index < -0.39 is 0 Å². The van der Waals surface area contributed by atoms with Crippen LogP contribution < -0.4 is 5.73 Å². The highest BCUT2D eigenvalue weighted by molar-refractivity contribution is 7.98. The quantitative estimate of drug-likeness (QED) is 0.633. The Morgan fingerprint density at radius 3 is 2.58 bits per heavy atom. The number of quaternary nitrogens is 1. The van der Waals surface area contributed by atoms with Gasteiger partial charge in [-0.05, 0) is 54.6 Å². The first-order valence-corrected chi connectivity index (χ1v) is 9.92. The lowest BCUT2D eigenvalue weighted by Gasteiger charge is -2.11. The topological polar surface area (TPSA) is 32.6 Å². The van der Waals surface area contributed by atoms with Crippen molar-refractivity contribution < 1.29 is 5.73 Å². The van der Waals surface area contributed by atoms with E-state index in [1.807, 2.05) is 18.2 Å². The van der Waals surface area contributed by atoms with Gasteiger partial charge in [0.2, 0.25) is 0 Å². The number of fused-ring (bicyclic) bond motifs is 1. The molecule has 0 radical (unpaired) electrons. The second-order valence-electron chi connectivity index (χ2n) is 5.87. The van der Waals surface area contributed by atoms with Crippen LogP contribution in [-0.2, 0) is 13.0 Å². The minimum Gasteiger partial charge on any atom is -0.357 e. The van der Waals surface area contributed by atoms with Gasteiger partial charge in [0.15, 0.2) is 0 Å². The van der Waals surface area contributed by atoms with Crippen molar-refractivity contribution in [3.63, 3.8) is 0 Å². The molecule has 0 saturated carbocycles. The van der Waals surface area contributed by atoms with Crippen molar-refractivity contribution in [2.75, 3.05) is 12.8 Å². The minimum atomic E-state index is 0.667. The van der Waals surface area contributed by atoms with Crippen molar-refractivity contribution in [2.24, 2.45) is 0 Å². The van der Waals surface area contributed by atoms with Crippen LogP contribution in [0.25, 0.3) is 10.9 Å². The van der Waals surface area contributed by atoms with Gasteiger partial charge in [0.05, 0.1) is 6.54 Å². The Bertz CT molecular complexity index is 887. The number of hydrogen-bond acceptors (Lipinski definition) is 1. The van der Waals surface area contributed by atoms with Crippen molar-refractivity contribution in [1.29, 1.82) is 0 Å². The van der Waals surface area contributed by atoms with Crippen LogP contribution in [0, 0.1) is 6.92 Å². The molecule has 5 heteroatoms. The average molecular weight is 380 g/mol. The second-order valence-corrected chi connectivity index (χ2v) is 7.60. The third-order valence-corrected chi connectivity index (χ3v) is 5.74. The Morgan fingerprint density at radius 2 is 1.92 bits per heavy atom. The summed E-state index contributed by atoms with van der Waals surface area (Å²) in [5.74, 6) is 0. The van der Waals surface area contributed by atoms with E-state index >= 15 is 0 Å². The lowest BCUT2D eigenvalue weighted by Crippen LogP contribution is -2.51. The van der Waals surface area contributed by atoms with Gasteiger partial charge in [-0.1, -0.05) is 29.3 Å². The van der Waals surface area contributed by atoms with E-state index in [0.29, 0.717) is 10.0 Å². The first kappa shape index (κ1) is 17.7. The summed E-state index contributed by atoms with van der Waals surface area (Å²) < 4.78 is 2.35. The second kappa shape index (κ2) is 7.40. The van der Waals surface area contributed by atoms with Crippen molar-refractivity contribution in [3.8, 4) is 0 Å². The fraction of sp³-hybridized carbons (Fsp3) is 0.263. The maximum absolute atomic E-state index is 6.39. The Morgan fingerprint density at radius 1 is 1.12 bits per heavy atom. The van der Waals surface area contributed by atoms with Crippen LogP contribution in [0.2, 0.25) is 10.0 Å². The molecule has 0 bridgehead atoms. The van der Waals surface area contributed by atoms with Crippen LogP contribution in [0.5, 0.6) is 0 Å². The molecular weight excluding hydrogens is 359 g/mol. The third kappa shape index (κ3) is 3.31. The maximum atomic E-state index is 6.39. The number of thioether (sulfide) groups is 1. The summed E-state index contributed by atoms with van der Waals surface area (Å²) in [6, 6.07) is 12.4. The summed E-state index contributed by atoms with van der Waals surface area (Å²) in [6.45, 7) is 3.83. The molecule has 0 unspecified atom stereocenters. The number of hydrogen-bond donors (Lipinski definition) is 1. The van der Waals surface area contributed by atoms with Gasteiger partial charge in [-0.3, -0.25) is 0 Å². The Labute approximate surface area is 156 Å². The molecule has 2 aromatic carbocycles. The molecule has 0 spiro atoms. The smallest absolute Gasteiger partial charge is 0.0781 e. The highest BCUT2D eigenvalue weighted by Gasteiger charge is 2.15. The highest BCUT2D eigenvalue weighted by atomic mass is 35.5. The van der Waals surface area contributed by atoms with Crippen LogP contribution >= 0.6 is 35.0 Å². The number of nitrogens with zero attached hydrogens (tertiary/aromatic N) is 1. The van der Waals surface area contributed by atoms with Crippen molar-refractivity contribution in [1.82, 2.24) is 4.57 Å². The lowest BCUT2D eigenvalue weighted by molar-refractivity contribution is -0.366. The standard InChI is InChI=1S/C19H20Cl2N2S/c1-12-16(7-8-22)17-10-15(24-2)5-6-19(17)23(12)11-13-3-4-14(20)9-18(13)21/h3-6,9-10H,7-8,11,22H2,1-2H3/p+1. The zero-order valence-corrected chi connectivity index (χ0v) is 16.2. The molecule has 3 rings (SSSR count). The number of halogens is 2. The Kier molecular flexibility index (Phi) is 5.46. The molecule has 0 aliphatic carbocycles. The normalized spacial score (nSPS) is 11.4. The molecule has 0 aliphatic heterocycles. The predicted octanol–water partition coefficient (Wildman–Crippen LogP) is 4.81. The Hall–Kier alpha value is -1.13. The SMILES string of the molecule is CSc1ccc2c(c1)c(CC[NH3+])c(C)n2Cc1ccc(Cl)cc1Cl. The van der Waals surface area contributed by atoms with Gasteiger partial charge in [0.1, 0.15) is 0 Å². The molecule has 1 heterocycles. The molecule has 1 aromatic heterocycles. The minimum absolute atomic E-state index is 0.667. The molecule has 2 nitrogen and oxygen atoms in total. The summed E-state index contributed by atoms with van der Waals surface area (Å²) in [4.78, 5) is 1.29. The van der Waals surface area contributed by atoms with Gasteiger partial charge < -0.3 is 10.3 Å². The van der Waals surface area contributed by atoms with Crippen molar-refractivity contribution >= 4 is 45.9 Å². The molecule has 3 aromatic rings. The third-order valence-electron chi connectivity index (χ3n) is 4.43. The van der Waals surface area contributed by atoms with E-state index in [9.17, 15) is 0 Å². The zero-order chi connectivity index (χ0) is 17.3. The summed E-state index contributed by atoms with van der Waals surface area (Å²) in [6.07, 6.45) is 3.10. The Balaban J connectivity index is 2.14. The van der Waals surface area contributed by atoms with Gasteiger partial charge in [0.25, 0.3) is 0 Å². The molecule has 0 amide bonds. The summed E-state index contributed by atoms with van der Waals surface area (Å²) in [7, 11) is 0. The van der Waals surface area contributed by atoms with Crippen LogP contribution in [0.15, 0.2) is 41.3 Å². The first-order chi connectivity index (χ1) is 11.5. The van der Waals surface area contributed by atoms with Gasteiger partial charge in [-0.15, -0.1) is 11.8 Å². The van der Waals surface area contributed by atoms with Gasteiger partial charge in [-0.2, -0.15) is 0 Å². The molecule has 0 saturated heterocycles. The van der Waals surface area contributed by atoms with Crippen LogP contribution in [-0.4, -0.2) is 17.4 Å². The largest absolute Gasteiger partial charge is 0.357 e. The lowest BCUT2D eigenvalue weighted by atomic mass is 10.1. The molecule has 0 fully saturated rings. The van der Waals surface area contributed by atoms with Gasteiger partial charge in [-0.25, -0.2) is 0 Å². The number of rotatable bonds is 5. The average Bonchev–Trinajstić information content (AvgIpc) is 2.82. The predicted molar refractivity (Wildman–Crippen MR) is 105 cm³/mol. The van der Waals surface area contributed by atoms with Gasteiger partial charge in [0, 0.05) is 44.5 Å². The van der Waals surface area contributed by atoms with E-state index in [1.165, 1.54) is 27.1 Å². The number of aromatic nitrogens is 1. The maximum Gasteiger partial charge on any atom is 0.0781 e. The molecule has 0 aliphatic rings. The fourth-order valence-electron chi connectivity index (χ4n) is 3.17. The molecular formula is C19H21Cl2N2S+. The fourth-order valence-corrected chi connectivity index (χ4v) is 4.08. The first-order valence-electron chi connectivity index (χ1n) is 7.94. The summed E-state index contributed by atoms with van der Waals surface area (Å²) >= 11 is 14.2.